The molecule has 0 atom stereocenters. The summed E-state index contributed by atoms with van der Waals surface area (Å²) >= 11 is 0. The highest BCUT2D eigenvalue weighted by atomic mass is 19.3. The van der Waals surface area contributed by atoms with Crippen LogP contribution in [0.3, 0.4) is 0 Å². The summed E-state index contributed by atoms with van der Waals surface area (Å²) in [4.78, 5) is 10.4. The zero-order chi connectivity index (χ0) is 10.1. The third-order valence-corrected chi connectivity index (χ3v) is 1.79. The average Bonchev–Trinajstić information content (AvgIpc) is 2.04. The van der Waals surface area contributed by atoms with Gasteiger partial charge in [0.05, 0.1) is 0 Å². The van der Waals surface area contributed by atoms with E-state index in [9.17, 15) is 13.6 Å². The van der Waals surface area contributed by atoms with E-state index in [0.717, 1.165) is 0 Å². The molecular formula is C9H9F2NO. The fraction of sp³-hybridized carbons (Fsp3) is 0.222. The Labute approximate surface area is 74.4 Å². The van der Waals surface area contributed by atoms with Gasteiger partial charge in [0.2, 0.25) is 0 Å². The van der Waals surface area contributed by atoms with Gasteiger partial charge in [-0.25, -0.2) is 0 Å². The molecule has 13 heavy (non-hydrogen) atoms. The van der Waals surface area contributed by atoms with Crippen LogP contribution in [0.1, 0.15) is 11.1 Å². The van der Waals surface area contributed by atoms with Crippen molar-refractivity contribution in [1.82, 2.24) is 0 Å². The summed E-state index contributed by atoms with van der Waals surface area (Å²) < 4.78 is 26.1. The van der Waals surface area contributed by atoms with E-state index in [4.69, 9.17) is 0 Å². The first-order valence-electron chi connectivity index (χ1n) is 3.70. The Morgan fingerprint density at radius 1 is 1.38 bits per heavy atom. The fourth-order valence-electron chi connectivity index (χ4n) is 1.06. The van der Waals surface area contributed by atoms with Crippen LogP contribution in [0.25, 0.3) is 0 Å². The van der Waals surface area contributed by atoms with E-state index in [-0.39, 0.29) is 5.56 Å². The van der Waals surface area contributed by atoms with Crippen LogP contribution in [-0.4, -0.2) is 5.91 Å². The quantitative estimate of drug-likeness (QED) is 0.746. The second kappa shape index (κ2) is 3.12. The Balaban J connectivity index is 3.22. The van der Waals surface area contributed by atoms with Crippen LogP contribution in [0, 0.1) is 6.92 Å². The van der Waals surface area contributed by atoms with Crippen molar-refractivity contribution in [3.8, 4) is 0 Å². The molecule has 1 amide bonds. The lowest BCUT2D eigenvalue weighted by molar-refractivity contribution is -0.143. The lowest BCUT2D eigenvalue weighted by Crippen LogP contribution is -2.33. The van der Waals surface area contributed by atoms with E-state index in [0.29, 0.717) is 5.56 Å². The maximum Gasteiger partial charge on any atom is 0.349 e. The van der Waals surface area contributed by atoms with Crippen LogP contribution in [0.2, 0.25) is 0 Å². The molecule has 70 valence electrons. The maximum absolute atomic E-state index is 13.1. The molecule has 0 spiro atoms. The number of amides is 1. The van der Waals surface area contributed by atoms with Gasteiger partial charge in [-0.15, -0.1) is 0 Å². The highest BCUT2D eigenvalue weighted by molar-refractivity contribution is 5.83. The monoisotopic (exact) mass is 185 g/mol. The minimum absolute atomic E-state index is 0.331. The van der Waals surface area contributed by atoms with E-state index in [1.165, 1.54) is 25.1 Å². The van der Waals surface area contributed by atoms with Crippen LogP contribution in [-0.2, 0) is 10.7 Å². The number of halogens is 2. The molecule has 0 radical (unpaired) electrons. The largest absolute Gasteiger partial charge is 0.364 e. The molecule has 0 unspecified atom stereocenters. The number of primary amides is 1. The Hall–Kier alpha value is -1.45. The normalized spacial score (nSPS) is 11.3. The predicted octanol–water partition coefficient (Wildman–Crippen LogP) is 1.57. The number of hydrogen-bond donors (Lipinski definition) is 1. The molecule has 1 aromatic rings. The number of rotatable bonds is 2. The van der Waals surface area contributed by atoms with Gasteiger partial charge in [0.15, 0.2) is 0 Å². The Morgan fingerprint density at radius 2 is 1.92 bits per heavy atom. The standard InChI is InChI=1S/C9H9F2NO/c1-6-4-2-3-5-7(6)9(10,11)8(12)13/h2-5H,1H3,(H2,12,13). The van der Waals surface area contributed by atoms with Crippen molar-refractivity contribution in [3.63, 3.8) is 0 Å². The van der Waals surface area contributed by atoms with Crippen molar-refractivity contribution in [2.75, 3.05) is 0 Å². The van der Waals surface area contributed by atoms with Crippen molar-refractivity contribution in [3.05, 3.63) is 35.4 Å². The lowest BCUT2D eigenvalue weighted by atomic mass is 10.0. The molecule has 1 rings (SSSR count). The Kier molecular flexibility index (Phi) is 2.32. The number of alkyl halides is 2. The Morgan fingerprint density at radius 3 is 2.38 bits per heavy atom. The smallest absolute Gasteiger partial charge is 0.349 e. The number of benzene rings is 1. The molecule has 2 nitrogen and oxygen atoms in total. The SMILES string of the molecule is Cc1ccccc1C(F)(F)C(N)=O. The first-order chi connectivity index (χ1) is 5.96. The molecule has 0 aliphatic rings. The first-order valence-corrected chi connectivity index (χ1v) is 3.70. The van der Waals surface area contributed by atoms with Crippen molar-refractivity contribution in [1.29, 1.82) is 0 Å². The molecule has 0 saturated carbocycles. The van der Waals surface area contributed by atoms with Gasteiger partial charge in [0, 0.05) is 5.56 Å². The minimum atomic E-state index is -3.58. The minimum Gasteiger partial charge on any atom is -0.364 e. The molecular weight excluding hydrogens is 176 g/mol. The molecule has 0 aliphatic heterocycles. The average molecular weight is 185 g/mol. The van der Waals surface area contributed by atoms with Crippen LogP contribution in [0.4, 0.5) is 8.78 Å². The maximum atomic E-state index is 13.1. The van der Waals surface area contributed by atoms with Gasteiger partial charge < -0.3 is 5.73 Å². The van der Waals surface area contributed by atoms with E-state index in [1.54, 1.807) is 6.07 Å². The van der Waals surface area contributed by atoms with Gasteiger partial charge in [-0.2, -0.15) is 8.78 Å². The number of hydrogen-bond acceptors (Lipinski definition) is 1. The highest BCUT2D eigenvalue weighted by Crippen LogP contribution is 2.29. The summed E-state index contributed by atoms with van der Waals surface area (Å²) in [7, 11) is 0. The first kappa shape index (κ1) is 9.64. The van der Waals surface area contributed by atoms with Crippen LogP contribution < -0.4 is 5.73 Å². The van der Waals surface area contributed by atoms with Crippen LogP contribution >= 0.6 is 0 Å². The summed E-state index contributed by atoms with van der Waals surface area (Å²) in [6, 6.07) is 5.77. The summed E-state index contributed by atoms with van der Waals surface area (Å²) in [5, 5.41) is 0. The van der Waals surface area contributed by atoms with Crippen molar-refractivity contribution in [2.24, 2.45) is 5.73 Å². The van der Waals surface area contributed by atoms with Crippen LogP contribution in [0.15, 0.2) is 24.3 Å². The van der Waals surface area contributed by atoms with E-state index >= 15 is 0 Å². The molecule has 0 saturated heterocycles. The summed E-state index contributed by atoms with van der Waals surface area (Å²) in [5.74, 6) is -5.20. The number of carbonyl (C=O) groups is 1. The van der Waals surface area contributed by atoms with Gasteiger partial charge in [0.25, 0.3) is 5.91 Å². The zero-order valence-corrected chi connectivity index (χ0v) is 7.05. The third-order valence-electron chi connectivity index (χ3n) is 1.79. The van der Waals surface area contributed by atoms with E-state index in [2.05, 4.69) is 5.73 Å². The fourth-order valence-corrected chi connectivity index (χ4v) is 1.06. The second-order valence-electron chi connectivity index (χ2n) is 2.75. The van der Waals surface area contributed by atoms with Gasteiger partial charge in [-0.3, -0.25) is 4.79 Å². The van der Waals surface area contributed by atoms with E-state index in [1.807, 2.05) is 0 Å². The van der Waals surface area contributed by atoms with Crippen LogP contribution in [0.5, 0.6) is 0 Å². The molecule has 0 fully saturated rings. The molecule has 1 aromatic carbocycles. The molecule has 0 aromatic heterocycles. The highest BCUT2D eigenvalue weighted by Gasteiger charge is 2.39. The van der Waals surface area contributed by atoms with Gasteiger partial charge in [0.1, 0.15) is 0 Å². The topological polar surface area (TPSA) is 43.1 Å². The van der Waals surface area contributed by atoms with Gasteiger partial charge in [-0.05, 0) is 12.5 Å². The summed E-state index contributed by atoms with van der Waals surface area (Å²) in [5.41, 5.74) is 4.60. The number of aryl methyl sites for hydroxylation is 1. The molecule has 4 heteroatoms. The molecule has 0 heterocycles. The Bertz CT molecular complexity index is 336. The zero-order valence-electron chi connectivity index (χ0n) is 7.05. The lowest BCUT2D eigenvalue weighted by Gasteiger charge is -2.14. The molecule has 0 aliphatic carbocycles. The van der Waals surface area contributed by atoms with Gasteiger partial charge in [-0.1, -0.05) is 24.3 Å². The van der Waals surface area contributed by atoms with Crippen molar-refractivity contribution >= 4 is 5.91 Å². The molecule has 2 N–H and O–H groups in total. The van der Waals surface area contributed by atoms with E-state index < -0.39 is 11.8 Å². The number of carbonyl (C=O) groups excluding carboxylic acids is 1. The molecule has 0 bridgehead atoms. The van der Waals surface area contributed by atoms with Gasteiger partial charge >= 0.3 is 5.92 Å². The predicted molar refractivity (Wildman–Crippen MR) is 44.3 cm³/mol. The summed E-state index contributed by atoms with van der Waals surface area (Å²) in [6.07, 6.45) is 0. The third kappa shape index (κ3) is 1.66. The summed E-state index contributed by atoms with van der Waals surface area (Å²) in [6.45, 7) is 1.51. The van der Waals surface area contributed by atoms with Crippen molar-refractivity contribution < 1.29 is 13.6 Å². The number of nitrogens with two attached hydrogens (primary N) is 1. The second-order valence-corrected chi connectivity index (χ2v) is 2.75. The van der Waals surface area contributed by atoms with Crippen molar-refractivity contribution in [2.45, 2.75) is 12.8 Å².